The van der Waals surface area contributed by atoms with E-state index in [1.54, 1.807) is 26.0 Å². The molecule has 116 valence electrons. The number of thiazole rings is 1. The fourth-order valence-corrected chi connectivity index (χ4v) is 3.11. The van der Waals surface area contributed by atoms with E-state index in [1.807, 2.05) is 12.1 Å². The molecule has 0 atom stereocenters. The molecule has 1 N–H and O–H groups in total. The molecule has 0 spiro atoms. The lowest BCUT2D eigenvalue weighted by molar-refractivity contribution is -0.137. The lowest BCUT2D eigenvalue weighted by atomic mass is 10.2. The topological polar surface area (TPSA) is 70.5 Å². The van der Waals surface area contributed by atoms with Gasteiger partial charge < -0.3 is 10.0 Å². The molecule has 1 aromatic heterocycles. The number of hydrogen-bond donors (Lipinski definition) is 1. The molecule has 0 radical (unpaired) electrons. The number of aryl methyl sites for hydroxylation is 1. The predicted octanol–water partition coefficient (Wildman–Crippen LogP) is 3.32. The van der Waals surface area contributed by atoms with Crippen molar-refractivity contribution in [1.82, 2.24) is 9.88 Å². The Kier molecular flexibility index (Phi) is 5.15. The van der Waals surface area contributed by atoms with Crippen molar-refractivity contribution < 1.29 is 14.7 Å². The Morgan fingerprint density at radius 2 is 1.95 bits per heavy atom. The number of carbonyl (C=O) groups excluding carboxylic acids is 1. The summed E-state index contributed by atoms with van der Waals surface area (Å²) in [4.78, 5) is 29.4. The van der Waals surface area contributed by atoms with Crippen LogP contribution < -0.4 is 0 Å². The Hall–Kier alpha value is -1.92. The summed E-state index contributed by atoms with van der Waals surface area (Å²) < 4.78 is 0. The van der Waals surface area contributed by atoms with Crippen LogP contribution in [0.25, 0.3) is 10.6 Å². The van der Waals surface area contributed by atoms with Gasteiger partial charge in [-0.3, -0.25) is 9.59 Å². The second-order valence-electron chi connectivity index (χ2n) is 4.65. The molecule has 0 aliphatic carbocycles. The van der Waals surface area contributed by atoms with Crippen LogP contribution in [-0.4, -0.2) is 40.0 Å². The van der Waals surface area contributed by atoms with Crippen LogP contribution in [-0.2, 0) is 4.79 Å². The summed E-state index contributed by atoms with van der Waals surface area (Å²) in [6.07, 6.45) is 0. The molecule has 1 aromatic carbocycles. The molecule has 2 rings (SSSR count). The van der Waals surface area contributed by atoms with Gasteiger partial charge in [0.25, 0.3) is 5.91 Å². The van der Waals surface area contributed by atoms with Crippen molar-refractivity contribution in [3.8, 4) is 10.6 Å². The fraction of sp³-hybridized carbons (Fsp3) is 0.267. The third kappa shape index (κ3) is 3.64. The van der Waals surface area contributed by atoms with Crippen molar-refractivity contribution in [3.05, 3.63) is 39.9 Å². The molecule has 7 heteroatoms. The van der Waals surface area contributed by atoms with Gasteiger partial charge in [0.15, 0.2) is 0 Å². The van der Waals surface area contributed by atoms with Gasteiger partial charge in [-0.15, -0.1) is 11.3 Å². The summed E-state index contributed by atoms with van der Waals surface area (Å²) in [5.74, 6) is -1.34. The van der Waals surface area contributed by atoms with Crippen LogP contribution in [0.4, 0.5) is 0 Å². The highest BCUT2D eigenvalue weighted by molar-refractivity contribution is 7.17. The van der Waals surface area contributed by atoms with Crippen LogP contribution in [0.5, 0.6) is 0 Å². The maximum Gasteiger partial charge on any atom is 0.323 e. The number of carboxylic acid groups (broad SMARTS) is 1. The van der Waals surface area contributed by atoms with Crippen molar-refractivity contribution in [2.75, 3.05) is 13.1 Å². The number of amides is 1. The van der Waals surface area contributed by atoms with Gasteiger partial charge in [-0.2, -0.15) is 0 Å². The second-order valence-corrected chi connectivity index (χ2v) is 6.09. The molecule has 1 amide bonds. The average Bonchev–Trinajstić information content (AvgIpc) is 2.86. The Morgan fingerprint density at radius 1 is 1.32 bits per heavy atom. The number of carboxylic acids is 1. The molecule has 0 saturated carbocycles. The highest BCUT2D eigenvalue weighted by atomic mass is 35.5. The van der Waals surface area contributed by atoms with Crippen LogP contribution in [0.15, 0.2) is 24.3 Å². The zero-order valence-electron chi connectivity index (χ0n) is 12.2. The SMILES string of the molecule is CCN(CC(=O)O)C(=O)c1sc(-c2ccc(Cl)cc2)nc1C. The molecule has 0 fully saturated rings. The Labute approximate surface area is 137 Å². The predicted molar refractivity (Wildman–Crippen MR) is 86.5 cm³/mol. The van der Waals surface area contributed by atoms with Gasteiger partial charge >= 0.3 is 5.97 Å². The van der Waals surface area contributed by atoms with E-state index in [2.05, 4.69) is 4.98 Å². The van der Waals surface area contributed by atoms with E-state index in [9.17, 15) is 9.59 Å². The summed E-state index contributed by atoms with van der Waals surface area (Å²) in [6, 6.07) is 7.20. The van der Waals surface area contributed by atoms with Crippen LogP contribution in [0.1, 0.15) is 22.3 Å². The molecular weight excluding hydrogens is 324 g/mol. The van der Waals surface area contributed by atoms with Gasteiger partial charge in [0.05, 0.1) is 5.69 Å². The average molecular weight is 339 g/mol. The quantitative estimate of drug-likeness (QED) is 0.907. The minimum Gasteiger partial charge on any atom is -0.480 e. The first-order chi connectivity index (χ1) is 10.4. The summed E-state index contributed by atoms with van der Waals surface area (Å²) in [7, 11) is 0. The minimum absolute atomic E-state index is 0.305. The first kappa shape index (κ1) is 16.5. The van der Waals surface area contributed by atoms with E-state index < -0.39 is 5.97 Å². The molecule has 0 saturated heterocycles. The van der Waals surface area contributed by atoms with Crippen molar-refractivity contribution >= 4 is 34.8 Å². The Balaban J connectivity index is 2.31. The molecule has 2 aromatic rings. The fourth-order valence-electron chi connectivity index (χ4n) is 1.94. The van der Waals surface area contributed by atoms with Gasteiger partial charge in [-0.25, -0.2) is 4.98 Å². The van der Waals surface area contributed by atoms with E-state index in [-0.39, 0.29) is 12.5 Å². The summed E-state index contributed by atoms with van der Waals surface area (Å²) in [5, 5.41) is 10.2. The van der Waals surface area contributed by atoms with Crippen molar-refractivity contribution in [1.29, 1.82) is 0 Å². The normalized spacial score (nSPS) is 10.5. The maximum absolute atomic E-state index is 12.4. The zero-order valence-corrected chi connectivity index (χ0v) is 13.7. The summed E-state index contributed by atoms with van der Waals surface area (Å²) >= 11 is 7.12. The standard InChI is InChI=1S/C15H15ClN2O3S/c1-3-18(8-12(19)20)15(21)13-9(2)17-14(22-13)10-4-6-11(16)7-5-10/h4-7H,3,8H2,1-2H3,(H,19,20). The molecule has 0 unspecified atom stereocenters. The number of hydrogen-bond acceptors (Lipinski definition) is 4. The highest BCUT2D eigenvalue weighted by Gasteiger charge is 2.22. The second kappa shape index (κ2) is 6.89. The van der Waals surface area contributed by atoms with Gasteiger partial charge in [-0.05, 0) is 26.0 Å². The lowest BCUT2D eigenvalue weighted by Crippen LogP contribution is -2.35. The van der Waals surface area contributed by atoms with Crippen LogP contribution in [0.2, 0.25) is 5.02 Å². The zero-order chi connectivity index (χ0) is 16.3. The smallest absolute Gasteiger partial charge is 0.323 e. The number of likely N-dealkylation sites (N-methyl/N-ethyl adjacent to an activating group) is 1. The number of carbonyl (C=O) groups is 2. The molecule has 0 aliphatic rings. The molecule has 0 bridgehead atoms. The summed E-state index contributed by atoms with van der Waals surface area (Å²) in [6.45, 7) is 3.51. The van der Waals surface area contributed by atoms with E-state index in [4.69, 9.17) is 16.7 Å². The number of aliphatic carboxylic acids is 1. The Bertz CT molecular complexity index is 697. The van der Waals surface area contributed by atoms with Crippen LogP contribution >= 0.6 is 22.9 Å². The number of halogens is 1. The minimum atomic E-state index is -1.03. The third-order valence-electron chi connectivity index (χ3n) is 3.08. The lowest BCUT2D eigenvalue weighted by Gasteiger charge is -2.17. The van der Waals surface area contributed by atoms with Gasteiger partial charge in [0.1, 0.15) is 16.4 Å². The summed E-state index contributed by atoms with van der Waals surface area (Å²) in [5.41, 5.74) is 1.47. The molecule has 1 heterocycles. The van der Waals surface area contributed by atoms with E-state index >= 15 is 0 Å². The molecule has 5 nitrogen and oxygen atoms in total. The molecular formula is C15H15ClN2O3S. The van der Waals surface area contributed by atoms with Crippen molar-refractivity contribution in [3.63, 3.8) is 0 Å². The van der Waals surface area contributed by atoms with Crippen molar-refractivity contribution in [2.24, 2.45) is 0 Å². The maximum atomic E-state index is 12.4. The van der Waals surface area contributed by atoms with Crippen molar-refractivity contribution in [2.45, 2.75) is 13.8 Å². The number of aromatic nitrogens is 1. The van der Waals surface area contributed by atoms with Crippen LogP contribution in [0.3, 0.4) is 0 Å². The number of benzene rings is 1. The van der Waals surface area contributed by atoms with E-state index in [0.29, 0.717) is 27.1 Å². The molecule has 0 aliphatic heterocycles. The van der Waals surface area contributed by atoms with E-state index in [1.165, 1.54) is 16.2 Å². The van der Waals surface area contributed by atoms with Gasteiger partial charge in [-0.1, -0.05) is 23.7 Å². The van der Waals surface area contributed by atoms with Gasteiger partial charge in [0, 0.05) is 17.1 Å². The first-order valence-electron chi connectivity index (χ1n) is 6.66. The first-order valence-corrected chi connectivity index (χ1v) is 7.86. The van der Waals surface area contributed by atoms with Crippen LogP contribution in [0, 0.1) is 6.92 Å². The number of nitrogens with zero attached hydrogens (tertiary/aromatic N) is 2. The monoisotopic (exact) mass is 338 g/mol. The van der Waals surface area contributed by atoms with E-state index in [0.717, 1.165) is 5.56 Å². The molecule has 22 heavy (non-hydrogen) atoms. The van der Waals surface area contributed by atoms with Gasteiger partial charge in [0.2, 0.25) is 0 Å². The number of rotatable bonds is 5. The third-order valence-corrected chi connectivity index (χ3v) is 4.52. The Morgan fingerprint density at radius 3 is 2.50 bits per heavy atom. The highest BCUT2D eigenvalue weighted by Crippen LogP contribution is 2.29. The largest absolute Gasteiger partial charge is 0.480 e.